The number of carbonyl (C=O) groups excluding carboxylic acids is 2. The topological polar surface area (TPSA) is 40.6 Å². The molecule has 0 N–H and O–H groups in total. The molecular formula is C15H16Cl2N2O2. The molecule has 2 amide bonds. The van der Waals surface area contributed by atoms with Crippen molar-refractivity contribution >= 4 is 40.7 Å². The molecular weight excluding hydrogens is 311 g/mol. The lowest BCUT2D eigenvalue weighted by Crippen LogP contribution is -2.63. The molecule has 6 heteroatoms. The molecule has 0 bridgehead atoms. The van der Waals surface area contributed by atoms with Crippen LogP contribution in [0.25, 0.3) is 0 Å². The molecule has 2 heterocycles. The van der Waals surface area contributed by atoms with Crippen molar-refractivity contribution in [2.75, 3.05) is 11.4 Å². The Morgan fingerprint density at radius 3 is 2.71 bits per heavy atom. The summed E-state index contributed by atoms with van der Waals surface area (Å²) in [6.07, 6.45) is 2.14. The van der Waals surface area contributed by atoms with Crippen molar-refractivity contribution in [2.45, 2.75) is 38.3 Å². The Kier molecular flexibility index (Phi) is 3.84. The second kappa shape index (κ2) is 5.50. The summed E-state index contributed by atoms with van der Waals surface area (Å²) in [6, 6.07) is 4.31. The number of carbonyl (C=O) groups is 2. The fourth-order valence-corrected chi connectivity index (χ4v) is 3.61. The number of rotatable bonds is 2. The van der Waals surface area contributed by atoms with E-state index in [9.17, 15) is 9.59 Å². The van der Waals surface area contributed by atoms with Gasteiger partial charge in [-0.1, -0.05) is 36.2 Å². The van der Waals surface area contributed by atoms with Crippen LogP contribution in [0.2, 0.25) is 10.0 Å². The van der Waals surface area contributed by atoms with E-state index >= 15 is 0 Å². The molecule has 4 nitrogen and oxygen atoms in total. The van der Waals surface area contributed by atoms with Gasteiger partial charge in [0.25, 0.3) is 5.91 Å². The molecule has 2 aliphatic heterocycles. The van der Waals surface area contributed by atoms with Crippen molar-refractivity contribution in [3.63, 3.8) is 0 Å². The monoisotopic (exact) mass is 326 g/mol. The van der Waals surface area contributed by atoms with E-state index in [0.29, 0.717) is 28.7 Å². The molecule has 0 radical (unpaired) electrons. The third-order valence-electron chi connectivity index (χ3n) is 4.23. The van der Waals surface area contributed by atoms with Gasteiger partial charge in [-0.25, -0.2) is 0 Å². The Hall–Kier alpha value is -1.26. The smallest absolute Gasteiger partial charge is 0.250 e. The quantitative estimate of drug-likeness (QED) is 0.837. The standard InChI is InChI=1S/C15H16Cl2N2O2/c1-2-10-14(20)18-8-4-7-12(18)15(21)19(10)11-6-3-5-9(16)13(11)17/h3,5-6,10,12H,2,4,7-8H2,1H3. The van der Waals surface area contributed by atoms with Gasteiger partial charge in [0, 0.05) is 6.54 Å². The van der Waals surface area contributed by atoms with Gasteiger partial charge >= 0.3 is 0 Å². The number of fused-ring (bicyclic) bond motifs is 1. The normalized spacial score (nSPS) is 25.5. The van der Waals surface area contributed by atoms with E-state index in [0.717, 1.165) is 12.8 Å². The first-order valence-electron chi connectivity index (χ1n) is 7.13. The van der Waals surface area contributed by atoms with Crippen LogP contribution < -0.4 is 4.90 Å². The molecule has 0 aromatic heterocycles. The average molecular weight is 327 g/mol. The van der Waals surface area contributed by atoms with E-state index < -0.39 is 6.04 Å². The molecule has 0 spiro atoms. The van der Waals surface area contributed by atoms with Crippen LogP contribution in [0.5, 0.6) is 0 Å². The summed E-state index contributed by atoms with van der Waals surface area (Å²) < 4.78 is 0. The minimum absolute atomic E-state index is 0.00985. The Morgan fingerprint density at radius 2 is 2.00 bits per heavy atom. The van der Waals surface area contributed by atoms with E-state index in [1.807, 2.05) is 6.92 Å². The van der Waals surface area contributed by atoms with Crippen LogP contribution in [-0.2, 0) is 9.59 Å². The molecule has 3 rings (SSSR count). The van der Waals surface area contributed by atoms with Crippen molar-refractivity contribution in [3.05, 3.63) is 28.2 Å². The predicted octanol–water partition coefficient (Wildman–Crippen LogP) is 3.11. The number of hydrogen-bond acceptors (Lipinski definition) is 2. The van der Waals surface area contributed by atoms with Gasteiger partial charge in [-0.2, -0.15) is 0 Å². The highest BCUT2D eigenvalue weighted by Crippen LogP contribution is 2.38. The van der Waals surface area contributed by atoms with Crippen LogP contribution in [0.1, 0.15) is 26.2 Å². The molecule has 2 saturated heterocycles. The highest BCUT2D eigenvalue weighted by molar-refractivity contribution is 6.44. The summed E-state index contributed by atoms with van der Waals surface area (Å²) in [5.41, 5.74) is 0.529. The zero-order chi connectivity index (χ0) is 15.1. The third-order valence-corrected chi connectivity index (χ3v) is 5.04. The number of nitrogens with zero attached hydrogens (tertiary/aromatic N) is 2. The van der Waals surface area contributed by atoms with Crippen molar-refractivity contribution in [2.24, 2.45) is 0 Å². The Labute approximate surface area is 133 Å². The molecule has 0 aliphatic carbocycles. The van der Waals surface area contributed by atoms with Gasteiger partial charge in [-0.3, -0.25) is 14.5 Å². The Morgan fingerprint density at radius 1 is 1.24 bits per heavy atom. The third kappa shape index (κ3) is 2.21. The predicted molar refractivity (Wildman–Crippen MR) is 82.8 cm³/mol. The summed E-state index contributed by atoms with van der Waals surface area (Å²) in [4.78, 5) is 28.7. The minimum Gasteiger partial charge on any atom is -0.329 e. The summed E-state index contributed by atoms with van der Waals surface area (Å²) >= 11 is 12.3. The summed E-state index contributed by atoms with van der Waals surface area (Å²) in [5, 5.41) is 0.711. The fraction of sp³-hybridized carbons (Fsp3) is 0.467. The molecule has 2 fully saturated rings. The number of anilines is 1. The van der Waals surface area contributed by atoms with Gasteiger partial charge in [0.05, 0.1) is 15.7 Å². The molecule has 0 saturated carbocycles. The maximum Gasteiger partial charge on any atom is 0.250 e. The van der Waals surface area contributed by atoms with Crippen molar-refractivity contribution in [1.82, 2.24) is 4.90 Å². The number of benzene rings is 1. The van der Waals surface area contributed by atoms with Crippen molar-refractivity contribution < 1.29 is 9.59 Å². The first-order valence-corrected chi connectivity index (χ1v) is 7.89. The molecule has 2 aliphatic rings. The highest BCUT2D eigenvalue weighted by atomic mass is 35.5. The molecule has 2 atom stereocenters. The minimum atomic E-state index is -0.497. The number of amides is 2. The maximum atomic E-state index is 12.8. The van der Waals surface area contributed by atoms with E-state index in [1.54, 1.807) is 28.0 Å². The molecule has 21 heavy (non-hydrogen) atoms. The van der Waals surface area contributed by atoms with E-state index in [1.165, 1.54) is 0 Å². The first-order chi connectivity index (χ1) is 10.1. The fourth-order valence-electron chi connectivity index (χ4n) is 3.23. The number of hydrogen-bond donors (Lipinski definition) is 0. The lowest BCUT2D eigenvalue weighted by molar-refractivity contribution is -0.144. The van der Waals surface area contributed by atoms with Crippen LogP contribution in [0, 0.1) is 0 Å². The molecule has 2 unspecified atom stereocenters. The van der Waals surface area contributed by atoms with E-state index in [4.69, 9.17) is 23.2 Å². The van der Waals surface area contributed by atoms with Crippen molar-refractivity contribution in [1.29, 1.82) is 0 Å². The van der Waals surface area contributed by atoms with Crippen LogP contribution in [0.4, 0.5) is 5.69 Å². The van der Waals surface area contributed by atoms with Crippen LogP contribution in [0.3, 0.4) is 0 Å². The van der Waals surface area contributed by atoms with E-state index in [2.05, 4.69) is 0 Å². The van der Waals surface area contributed by atoms with Crippen LogP contribution in [-0.4, -0.2) is 35.3 Å². The second-order valence-corrected chi connectivity index (χ2v) is 6.18. The number of halogens is 2. The lowest BCUT2D eigenvalue weighted by atomic mass is 10.0. The Balaban J connectivity index is 2.08. The molecule has 1 aromatic carbocycles. The molecule has 1 aromatic rings. The largest absolute Gasteiger partial charge is 0.329 e. The van der Waals surface area contributed by atoms with E-state index in [-0.39, 0.29) is 17.9 Å². The van der Waals surface area contributed by atoms with Gasteiger partial charge < -0.3 is 4.90 Å². The maximum absolute atomic E-state index is 12.8. The summed E-state index contributed by atoms with van der Waals surface area (Å²) in [6.45, 7) is 2.57. The molecule has 112 valence electrons. The van der Waals surface area contributed by atoms with Gasteiger partial charge in [-0.05, 0) is 31.4 Å². The average Bonchev–Trinajstić information content (AvgIpc) is 2.96. The SMILES string of the molecule is CCC1C(=O)N2CCCC2C(=O)N1c1cccc(Cl)c1Cl. The lowest BCUT2D eigenvalue weighted by Gasteiger charge is -2.42. The number of piperazine rings is 1. The van der Waals surface area contributed by atoms with Gasteiger partial charge in [-0.15, -0.1) is 0 Å². The Bertz CT molecular complexity index is 605. The zero-order valence-corrected chi connectivity index (χ0v) is 13.2. The van der Waals surface area contributed by atoms with Gasteiger partial charge in [0.2, 0.25) is 5.91 Å². The van der Waals surface area contributed by atoms with Crippen LogP contribution in [0.15, 0.2) is 18.2 Å². The van der Waals surface area contributed by atoms with Crippen molar-refractivity contribution in [3.8, 4) is 0 Å². The summed E-state index contributed by atoms with van der Waals surface area (Å²) in [7, 11) is 0. The highest BCUT2D eigenvalue weighted by Gasteiger charge is 2.48. The summed E-state index contributed by atoms with van der Waals surface area (Å²) in [5.74, 6) is -0.0428. The van der Waals surface area contributed by atoms with Gasteiger partial charge in [0.15, 0.2) is 0 Å². The van der Waals surface area contributed by atoms with Crippen LogP contribution >= 0.6 is 23.2 Å². The second-order valence-electron chi connectivity index (χ2n) is 5.39. The zero-order valence-electron chi connectivity index (χ0n) is 11.7. The first kappa shape index (κ1) is 14.7. The van der Waals surface area contributed by atoms with Gasteiger partial charge in [0.1, 0.15) is 12.1 Å².